The van der Waals surface area contributed by atoms with Gasteiger partial charge in [-0.2, -0.15) is 0 Å². The fourth-order valence-corrected chi connectivity index (χ4v) is 3.50. The van der Waals surface area contributed by atoms with E-state index in [0.29, 0.717) is 22.6 Å². The first-order chi connectivity index (χ1) is 14.5. The van der Waals surface area contributed by atoms with Gasteiger partial charge in [-0.15, -0.1) is 0 Å². The van der Waals surface area contributed by atoms with E-state index < -0.39 is 12.1 Å². The highest BCUT2D eigenvalue weighted by Gasteiger charge is 2.28. The quantitative estimate of drug-likeness (QED) is 0.317. The maximum atomic E-state index is 13.4. The molecule has 0 bridgehead atoms. The number of aromatic amines is 1. The molecule has 0 saturated heterocycles. The van der Waals surface area contributed by atoms with Gasteiger partial charge in [-0.05, 0) is 29.7 Å². The SMILES string of the molecule is CC(C)c1ccc(C(=O)OC(C(=O)c2c[nH]c3ccccc23)c2ccccc2)cc1. The number of carbonyl (C=O) groups excluding carboxylic acids is 2. The van der Waals surface area contributed by atoms with Crippen molar-refractivity contribution in [2.45, 2.75) is 25.9 Å². The van der Waals surface area contributed by atoms with Gasteiger partial charge in [0, 0.05) is 28.2 Å². The highest BCUT2D eigenvalue weighted by molar-refractivity contribution is 6.11. The van der Waals surface area contributed by atoms with Crippen molar-refractivity contribution >= 4 is 22.7 Å². The summed E-state index contributed by atoms with van der Waals surface area (Å²) in [6.45, 7) is 4.19. The Bertz CT molecular complexity index is 1170. The molecular formula is C26H23NO3. The molecule has 0 saturated carbocycles. The molecule has 0 radical (unpaired) electrons. The molecule has 1 aromatic heterocycles. The van der Waals surface area contributed by atoms with Crippen LogP contribution in [0.1, 0.15) is 57.7 Å². The van der Waals surface area contributed by atoms with Gasteiger partial charge in [0.1, 0.15) is 0 Å². The van der Waals surface area contributed by atoms with Crippen molar-refractivity contribution in [1.29, 1.82) is 0 Å². The molecule has 4 heteroatoms. The number of fused-ring (bicyclic) bond motifs is 1. The molecule has 1 atom stereocenters. The van der Waals surface area contributed by atoms with Crippen LogP contribution in [0.5, 0.6) is 0 Å². The minimum Gasteiger partial charge on any atom is -0.445 e. The predicted octanol–water partition coefficient (Wildman–Crippen LogP) is 6.07. The third-order valence-corrected chi connectivity index (χ3v) is 5.23. The molecule has 1 N–H and O–H groups in total. The Morgan fingerprint density at radius 3 is 2.17 bits per heavy atom. The molecule has 0 aliphatic heterocycles. The zero-order valence-electron chi connectivity index (χ0n) is 17.0. The van der Waals surface area contributed by atoms with Gasteiger partial charge >= 0.3 is 5.97 Å². The Balaban J connectivity index is 1.67. The summed E-state index contributed by atoms with van der Waals surface area (Å²) in [6, 6.07) is 24.0. The van der Waals surface area contributed by atoms with E-state index in [1.54, 1.807) is 30.5 Å². The maximum Gasteiger partial charge on any atom is 0.339 e. The van der Waals surface area contributed by atoms with Gasteiger partial charge in [-0.1, -0.05) is 74.5 Å². The summed E-state index contributed by atoms with van der Waals surface area (Å²) >= 11 is 0. The van der Waals surface area contributed by atoms with Crippen LogP contribution in [0.25, 0.3) is 10.9 Å². The fourth-order valence-electron chi connectivity index (χ4n) is 3.50. The van der Waals surface area contributed by atoms with Crippen LogP contribution in [-0.4, -0.2) is 16.7 Å². The molecule has 4 rings (SSSR count). The minimum atomic E-state index is -1.03. The van der Waals surface area contributed by atoms with Gasteiger partial charge in [0.15, 0.2) is 6.10 Å². The number of Topliss-reactive ketones (excluding diaryl/α,β-unsaturated/α-hetero) is 1. The molecule has 30 heavy (non-hydrogen) atoms. The third-order valence-electron chi connectivity index (χ3n) is 5.23. The van der Waals surface area contributed by atoms with Crippen LogP contribution >= 0.6 is 0 Å². The second-order valence-corrected chi connectivity index (χ2v) is 7.58. The average molecular weight is 397 g/mol. The van der Waals surface area contributed by atoms with Crippen molar-refractivity contribution < 1.29 is 14.3 Å². The van der Waals surface area contributed by atoms with Crippen LogP contribution in [0.3, 0.4) is 0 Å². The Kier molecular flexibility index (Phi) is 5.48. The van der Waals surface area contributed by atoms with Crippen molar-refractivity contribution in [1.82, 2.24) is 4.98 Å². The Labute approximate surface area is 175 Å². The molecule has 3 aromatic carbocycles. The molecule has 0 aliphatic carbocycles. The predicted molar refractivity (Wildman–Crippen MR) is 118 cm³/mol. The van der Waals surface area contributed by atoms with E-state index in [4.69, 9.17) is 4.74 Å². The van der Waals surface area contributed by atoms with E-state index >= 15 is 0 Å². The summed E-state index contributed by atoms with van der Waals surface area (Å²) in [6.07, 6.45) is 0.650. The first-order valence-corrected chi connectivity index (χ1v) is 10.0. The number of ketones is 1. The lowest BCUT2D eigenvalue weighted by molar-refractivity contribution is 0.0280. The summed E-state index contributed by atoms with van der Waals surface area (Å²) in [7, 11) is 0. The summed E-state index contributed by atoms with van der Waals surface area (Å²) in [5, 5.41) is 0.806. The van der Waals surface area contributed by atoms with Crippen molar-refractivity contribution in [2.24, 2.45) is 0 Å². The molecule has 0 spiro atoms. The van der Waals surface area contributed by atoms with E-state index in [1.807, 2.05) is 54.6 Å². The van der Waals surface area contributed by atoms with Crippen molar-refractivity contribution in [3.8, 4) is 0 Å². The Morgan fingerprint density at radius 1 is 0.800 bits per heavy atom. The number of ether oxygens (including phenoxy) is 1. The minimum absolute atomic E-state index is 0.259. The number of aromatic nitrogens is 1. The van der Waals surface area contributed by atoms with Gasteiger partial charge in [0.05, 0.1) is 5.56 Å². The standard InChI is InChI=1S/C26H23NO3/c1-17(2)18-12-14-20(15-13-18)26(29)30-25(19-8-4-3-5-9-19)24(28)22-16-27-23-11-7-6-10-21(22)23/h3-17,25,27H,1-2H3. The maximum absolute atomic E-state index is 13.4. The highest BCUT2D eigenvalue weighted by Crippen LogP contribution is 2.28. The van der Waals surface area contributed by atoms with E-state index in [2.05, 4.69) is 18.8 Å². The van der Waals surface area contributed by atoms with Crippen LogP contribution in [0.4, 0.5) is 0 Å². The molecule has 0 aliphatic rings. The molecule has 1 heterocycles. The fraction of sp³-hybridized carbons (Fsp3) is 0.154. The first kappa shape index (κ1) is 19.6. The van der Waals surface area contributed by atoms with E-state index in [1.165, 1.54) is 0 Å². The molecular weight excluding hydrogens is 374 g/mol. The molecule has 0 amide bonds. The van der Waals surface area contributed by atoms with Crippen LogP contribution in [0, 0.1) is 0 Å². The second kappa shape index (κ2) is 8.37. The van der Waals surface area contributed by atoms with E-state index in [-0.39, 0.29) is 5.78 Å². The monoisotopic (exact) mass is 397 g/mol. The first-order valence-electron chi connectivity index (χ1n) is 10.0. The van der Waals surface area contributed by atoms with Crippen LogP contribution in [0.15, 0.2) is 85.1 Å². The zero-order chi connectivity index (χ0) is 21.1. The number of para-hydroxylation sites is 1. The number of hydrogen-bond acceptors (Lipinski definition) is 3. The molecule has 4 aromatic rings. The number of esters is 1. The normalized spacial score (nSPS) is 12.1. The van der Waals surface area contributed by atoms with Gasteiger partial charge in [-0.25, -0.2) is 4.79 Å². The summed E-state index contributed by atoms with van der Waals surface area (Å²) < 4.78 is 5.76. The van der Waals surface area contributed by atoms with Gasteiger partial charge in [-0.3, -0.25) is 4.79 Å². The lowest BCUT2D eigenvalue weighted by Gasteiger charge is -2.17. The number of hydrogen-bond donors (Lipinski definition) is 1. The van der Waals surface area contributed by atoms with Crippen LogP contribution in [-0.2, 0) is 4.74 Å². The van der Waals surface area contributed by atoms with Crippen LogP contribution in [0.2, 0.25) is 0 Å². The smallest absolute Gasteiger partial charge is 0.339 e. The zero-order valence-corrected chi connectivity index (χ0v) is 17.0. The highest BCUT2D eigenvalue weighted by atomic mass is 16.5. The number of rotatable bonds is 6. The van der Waals surface area contributed by atoms with Crippen molar-refractivity contribution in [3.63, 3.8) is 0 Å². The molecule has 1 unspecified atom stereocenters. The molecule has 4 nitrogen and oxygen atoms in total. The van der Waals surface area contributed by atoms with Crippen molar-refractivity contribution in [3.05, 3.63) is 107 Å². The third kappa shape index (κ3) is 3.90. The lowest BCUT2D eigenvalue weighted by atomic mass is 9.99. The molecule has 0 fully saturated rings. The number of nitrogens with one attached hydrogen (secondary N) is 1. The summed E-state index contributed by atoms with van der Waals surface area (Å²) in [4.78, 5) is 29.4. The summed E-state index contributed by atoms with van der Waals surface area (Å²) in [5.74, 6) is -0.409. The largest absolute Gasteiger partial charge is 0.445 e. The average Bonchev–Trinajstić information content (AvgIpc) is 3.22. The number of benzene rings is 3. The van der Waals surface area contributed by atoms with Gasteiger partial charge in [0.25, 0.3) is 0 Å². The Morgan fingerprint density at radius 2 is 1.47 bits per heavy atom. The second-order valence-electron chi connectivity index (χ2n) is 7.58. The topological polar surface area (TPSA) is 59.2 Å². The molecule has 150 valence electrons. The van der Waals surface area contributed by atoms with Gasteiger partial charge in [0.2, 0.25) is 5.78 Å². The summed E-state index contributed by atoms with van der Waals surface area (Å²) in [5.41, 5.74) is 3.57. The van der Waals surface area contributed by atoms with Crippen LogP contribution < -0.4 is 0 Å². The lowest BCUT2D eigenvalue weighted by Crippen LogP contribution is -2.20. The van der Waals surface area contributed by atoms with Crippen molar-refractivity contribution in [2.75, 3.05) is 0 Å². The Hall–Kier alpha value is -3.66. The number of H-pyrrole nitrogens is 1. The van der Waals surface area contributed by atoms with Gasteiger partial charge < -0.3 is 9.72 Å². The van der Waals surface area contributed by atoms with E-state index in [0.717, 1.165) is 16.5 Å². The van der Waals surface area contributed by atoms with E-state index in [9.17, 15) is 9.59 Å². The number of carbonyl (C=O) groups is 2.